The lowest BCUT2D eigenvalue weighted by Gasteiger charge is -2.32. The molecule has 1 N–H and O–H groups in total. The van der Waals surface area contributed by atoms with Crippen molar-refractivity contribution in [1.29, 1.82) is 0 Å². The summed E-state index contributed by atoms with van der Waals surface area (Å²) >= 11 is 0. The standard InChI is InChI=1S/C16H24N2O4/c1-16(2,3)13(14(19)18(4)21-5)17-15(20)22-11-12-9-7-6-8-10-12/h6-10,13H,11H2,1-5H3,(H,17,20)/t13-/m1/s1. The van der Waals surface area contributed by atoms with Gasteiger partial charge in [0.25, 0.3) is 5.91 Å². The predicted molar refractivity (Wildman–Crippen MR) is 82.8 cm³/mol. The molecule has 0 heterocycles. The summed E-state index contributed by atoms with van der Waals surface area (Å²) in [5.74, 6) is -0.341. The molecule has 6 nitrogen and oxygen atoms in total. The van der Waals surface area contributed by atoms with Crippen LogP contribution in [0.3, 0.4) is 0 Å². The zero-order chi connectivity index (χ0) is 16.8. The fourth-order valence-electron chi connectivity index (χ4n) is 1.80. The average Bonchev–Trinajstić information content (AvgIpc) is 2.49. The van der Waals surface area contributed by atoms with E-state index in [0.29, 0.717) is 0 Å². The van der Waals surface area contributed by atoms with E-state index >= 15 is 0 Å². The van der Waals surface area contributed by atoms with Gasteiger partial charge < -0.3 is 10.1 Å². The van der Waals surface area contributed by atoms with Crippen LogP contribution in [-0.4, -0.2) is 37.3 Å². The fourth-order valence-corrected chi connectivity index (χ4v) is 1.80. The second-order valence-corrected chi connectivity index (χ2v) is 6.02. The number of likely N-dealkylation sites (N-methyl/N-ethyl adjacent to an activating group) is 1. The maximum atomic E-state index is 12.3. The summed E-state index contributed by atoms with van der Waals surface area (Å²) in [4.78, 5) is 29.1. The number of amides is 2. The zero-order valence-corrected chi connectivity index (χ0v) is 13.8. The molecule has 2 amide bonds. The lowest BCUT2D eigenvalue weighted by atomic mass is 9.86. The third-order valence-corrected chi connectivity index (χ3v) is 3.17. The Morgan fingerprint density at radius 3 is 2.32 bits per heavy atom. The molecule has 1 aromatic rings. The predicted octanol–water partition coefficient (Wildman–Crippen LogP) is 2.35. The van der Waals surface area contributed by atoms with Gasteiger partial charge in [-0.25, -0.2) is 9.86 Å². The molecule has 0 saturated heterocycles. The Bertz CT molecular complexity index is 497. The molecule has 1 aromatic carbocycles. The van der Waals surface area contributed by atoms with E-state index in [1.54, 1.807) is 0 Å². The van der Waals surface area contributed by atoms with Gasteiger partial charge in [-0.2, -0.15) is 0 Å². The minimum Gasteiger partial charge on any atom is -0.445 e. The molecule has 0 spiro atoms. The molecule has 0 bridgehead atoms. The largest absolute Gasteiger partial charge is 0.445 e. The lowest BCUT2D eigenvalue weighted by Crippen LogP contribution is -2.53. The molecule has 1 atom stereocenters. The lowest BCUT2D eigenvalue weighted by molar-refractivity contribution is -0.173. The van der Waals surface area contributed by atoms with Gasteiger partial charge in [0.1, 0.15) is 12.6 Å². The summed E-state index contributed by atoms with van der Waals surface area (Å²) in [6.45, 7) is 5.72. The van der Waals surface area contributed by atoms with Crippen LogP contribution in [-0.2, 0) is 21.0 Å². The van der Waals surface area contributed by atoms with E-state index in [1.165, 1.54) is 14.2 Å². The molecule has 0 radical (unpaired) electrons. The molecule has 0 saturated carbocycles. The van der Waals surface area contributed by atoms with Crippen molar-refractivity contribution in [2.45, 2.75) is 33.4 Å². The van der Waals surface area contributed by atoms with Crippen LogP contribution < -0.4 is 5.32 Å². The Hall–Kier alpha value is -2.08. The van der Waals surface area contributed by atoms with Crippen molar-refractivity contribution in [3.8, 4) is 0 Å². The van der Waals surface area contributed by atoms with E-state index in [-0.39, 0.29) is 12.5 Å². The molecule has 0 fully saturated rings. The smallest absolute Gasteiger partial charge is 0.408 e. The molecule has 0 unspecified atom stereocenters. The summed E-state index contributed by atoms with van der Waals surface area (Å²) in [5, 5.41) is 3.70. The number of ether oxygens (including phenoxy) is 1. The number of carbonyl (C=O) groups excluding carboxylic acids is 2. The van der Waals surface area contributed by atoms with Gasteiger partial charge in [0.2, 0.25) is 0 Å². The number of nitrogens with zero attached hydrogens (tertiary/aromatic N) is 1. The Balaban J connectivity index is 2.65. The van der Waals surface area contributed by atoms with Crippen LogP contribution in [0.25, 0.3) is 0 Å². The van der Waals surface area contributed by atoms with Crippen molar-refractivity contribution < 1.29 is 19.2 Å². The van der Waals surface area contributed by atoms with E-state index in [9.17, 15) is 9.59 Å². The Morgan fingerprint density at radius 2 is 1.82 bits per heavy atom. The van der Waals surface area contributed by atoms with Crippen LogP contribution in [0.4, 0.5) is 4.79 Å². The van der Waals surface area contributed by atoms with E-state index in [4.69, 9.17) is 9.57 Å². The van der Waals surface area contributed by atoms with Crippen molar-refractivity contribution in [2.24, 2.45) is 5.41 Å². The van der Waals surface area contributed by atoms with Crippen molar-refractivity contribution in [3.05, 3.63) is 35.9 Å². The van der Waals surface area contributed by atoms with E-state index < -0.39 is 17.6 Å². The van der Waals surface area contributed by atoms with Crippen molar-refractivity contribution in [3.63, 3.8) is 0 Å². The fraction of sp³-hybridized carbons (Fsp3) is 0.500. The highest BCUT2D eigenvalue weighted by Gasteiger charge is 2.35. The topological polar surface area (TPSA) is 67.9 Å². The summed E-state index contributed by atoms with van der Waals surface area (Å²) in [5.41, 5.74) is 0.403. The Kier molecular flexibility index (Phi) is 6.37. The molecular weight excluding hydrogens is 284 g/mol. The van der Waals surface area contributed by atoms with Crippen LogP contribution in [0.2, 0.25) is 0 Å². The van der Waals surface area contributed by atoms with Crippen LogP contribution in [0.5, 0.6) is 0 Å². The summed E-state index contributed by atoms with van der Waals surface area (Å²) < 4.78 is 5.16. The number of carbonyl (C=O) groups is 2. The average molecular weight is 308 g/mol. The highest BCUT2D eigenvalue weighted by Crippen LogP contribution is 2.21. The molecule has 122 valence electrons. The second kappa shape index (κ2) is 7.79. The first-order chi connectivity index (χ1) is 10.3. The van der Waals surface area contributed by atoms with Gasteiger partial charge in [-0.15, -0.1) is 0 Å². The molecule has 0 aromatic heterocycles. The van der Waals surface area contributed by atoms with Crippen LogP contribution in [0.15, 0.2) is 30.3 Å². The number of hydroxylamine groups is 2. The Labute approximate surface area is 131 Å². The third kappa shape index (κ3) is 5.37. The highest BCUT2D eigenvalue weighted by molar-refractivity contribution is 5.85. The number of rotatable bonds is 5. The molecule has 0 aliphatic carbocycles. The normalized spacial score (nSPS) is 12.4. The number of hydrogen-bond donors (Lipinski definition) is 1. The van der Waals surface area contributed by atoms with Crippen LogP contribution in [0.1, 0.15) is 26.3 Å². The SMILES string of the molecule is CON(C)C(=O)[C@@H](NC(=O)OCc1ccccc1)C(C)(C)C. The molecular formula is C16H24N2O4. The molecule has 22 heavy (non-hydrogen) atoms. The van der Waals surface area contributed by atoms with Crippen molar-refractivity contribution in [2.75, 3.05) is 14.2 Å². The zero-order valence-electron chi connectivity index (χ0n) is 13.8. The quantitative estimate of drug-likeness (QED) is 0.848. The molecule has 1 rings (SSSR count). The third-order valence-electron chi connectivity index (χ3n) is 3.17. The van der Waals surface area contributed by atoms with Gasteiger partial charge >= 0.3 is 6.09 Å². The van der Waals surface area contributed by atoms with E-state index in [1.807, 2.05) is 51.1 Å². The van der Waals surface area contributed by atoms with E-state index in [0.717, 1.165) is 10.6 Å². The first-order valence-electron chi connectivity index (χ1n) is 7.04. The van der Waals surface area contributed by atoms with Crippen molar-refractivity contribution in [1.82, 2.24) is 10.4 Å². The van der Waals surface area contributed by atoms with Crippen LogP contribution in [0, 0.1) is 5.41 Å². The summed E-state index contributed by atoms with van der Waals surface area (Å²) in [7, 11) is 2.89. The summed E-state index contributed by atoms with van der Waals surface area (Å²) in [6, 6.07) is 8.59. The number of alkyl carbamates (subject to hydrolysis) is 1. The molecule has 0 aliphatic heterocycles. The van der Waals surface area contributed by atoms with Gasteiger partial charge in [0.05, 0.1) is 7.11 Å². The summed E-state index contributed by atoms with van der Waals surface area (Å²) in [6.07, 6.45) is -0.637. The first kappa shape index (κ1) is 18.0. The Morgan fingerprint density at radius 1 is 1.23 bits per heavy atom. The van der Waals surface area contributed by atoms with Gasteiger partial charge in [-0.05, 0) is 11.0 Å². The van der Waals surface area contributed by atoms with Crippen LogP contribution >= 0.6 is 0 Å². The number of benzene rings is 1. The first-order valence-corrected chi connectivity index (χ1v) is 7.04. The highest BCUT2D eigenvalue weighted by atomic mass is 16.7. The van der Waals surface area contributed by atoms with Gasteiger partial charge in [-0.1, -0.05) is 51.1 Å². The van der Waals surface area contributed by atoms with Gasteiger partial charge in [0.15, 0.2) is 0 Å². The minimum atomic E-state index is -0.749. The minimum absolute atomic E-state index is 0.151. The van der Waals surface area contributed by atoms with Gasteiger partial charge in [-0.3, -0.25) is 9.63 Å². The molecule has 0 aliphatic rings. The second-order valence-electron chi connectivity index (χ2n) is 6.02. The number of nitrogens with one attached hydrogen (secondary N) is 1. The number of hydrogen-bond acceptors (Lipinski definition) is 4. The van der Waals surface area contributed by atoms with E-state index in [2.05, 4.69) is 5.32 Å². The van der Waals surface area contributed by atoms with Gasteiger partial charge in [0, 0.05) is 7.05 Å². The molecule has 6 heteroatoms. The monoisotopic (exact) mass is 308 g/mol. The van der Waals surface area contributed by atoms with Crippen molar-refractivity contribution >= 4 is 12.0 Å². The maximum absolute atomic E-state index is 12.3. The maximum Gasteiger partial charge on any atom is 0.408 e.